The summed E-state index contributed by atoms with van der Waals surface area (Å²) in [5.74, 6) is -10.5. The number of likely N-dealkylation sites (tertiary alicyclic amines) is 1. The van der Waals surface area contributed by atoms with Crippen molar-refractivity contribution < 1.29 is 63.3 Å². The van der Waals surface area contributed by atoms with Crippen LogP contribution in [0.15, 0.2) is 35.5 Å². The number of para-hydroxylation sites is 1. The van der Waals surface area contributed by atoms with Crippen LogP contribution in [0.4, 0.5) is 0 Å². The molecule has 26 nitrogen and oxygen atoms in total. The van der Waals surface area contributed by atoms with E-state index in [-0.39, 0.29) is 56.4 Å². The van der Waals surface area contributed by atoms with Gasteiger partial charge in [-0.3, -0.25) is 52.9 Å². The van der Waals surface area contributed by atoms with E-state index in [2.05, 4.69) is 59.8 Å². The molecule has 1 fully saturated rings. The van der Waals surface area contributed by atoms with Crippen LogP contribution in [0.3, 0.4) is 0 Å². The third-order valence-corrected chi connectivity index (χ3v) is 11.7. The van der Waals surface area contributed by atoms with Crippen LogP contribution in [-0.4, -0.2) is 170 Å². The Balaban J connectivity index is 1.82. The normalized spacial score (nSPS) is 16.7. The summed E-state index contributed by atoms with van der Waals surface area (Å²) in [6.45, 7) is 5.35. The Labute approximate surface area is 414 Å². The second-order valence-corrected chi connectivity index (χ2v) is 17.9. The number of aromatic nitrogens is 1. The molecule has 71 heavy (non-hydrogen) atoms. The number of amides is 8. The number of carboxylic acids is 2. The second kappa shape index (κ2) is 28.0. The molecule has 2 heterocycles. The fraction of sp³-hybridized carbons (Fsp3) is 0.568. The van der Waals surface area contributed by atoms with Gasteiger partial charge >= 0.3 is 11.9 Å². The molecule has 0 saturated carbocycles. The first-order valence-corrected chi connectivity index (χ1v) is 23.6. The fourth-order valence-electron chi connectivity index (χ4n) is 7.56. The zero-order valence-corrected chi connectivity index (χ0v) is 40.8. The maximum Gasteiger partial charge on any atom is 0.325 e. The molecule has 1 aromatic carbocycles. The summed E-state index contributed by atoms with van der Waals surface area (Å²) in [7, 11) is 0. The highest BCUT2D eigenvalue weighted by Crippen LogP contribution is 2.21. The number of rotatable bonds is 28. The van der Waals surface area contributed by atoms with Gasteiger partial charge in [-0.25, -0.2) is 0 Å². The summed E-state index contributed by atoms with van der Waals surface area (Å²) in [4.78, 5) is 139. The van der Waals surface area contributed by atoms with Crippen molar-refractivity contribution >= 4 is 88.7 Å². The smallest absolute Gasteiger partial charge is 0.325 e. The number of aliphatic hydroxyl groups excluding tert-OH is 1. The molecule has 1 aliphatic heterocycles. The van der Waals surface area contributed by atoms with Crippen LogP contribution in [0.1, 0.15) is 71.8 Å². The van der Waals surface area contributed by atoms with Crippen molar-refractivity contribution in [1.29, 1.82) is 0 Å². The number of nitrogens with zero attached hydrogens (tertiary/aromatic N) is 2. The first-order chi connectivity index (χ1) is 33.5. The number of H-pyrrole nitrogens is 1. The number of aliphatic carboxylic acids is 2. The SMILES string of the molecule is CC(C)C[C@H](N)C(=O)N[C@@H](CCCN=C(N)N)C(=O)N[C@@H](CS)C(=O)N[C@@H](Cc1c[nH]c2ccccc12)C(=O)N[C@@H](CO)C(=O)N[C@@H](CC(=O)O)C(=O)N[C@@H](C)C(=O)N1CCC[C@H]1C(=O)N[C@@H](C)C(=O)O. The molecule has 8 amide bonds. The lowest BCUT2D eigenvalue weighted by Crippen LogP contribution is -2.61. The van der Waals surface area contributed by atoms with Crippen LogP contribution in [-0.2, 0) is 54.4 Å². The van der Waals surface area contributed by atoms with Gasteiger partial charge in [0.15, 0.2) is 5.96 Å². The largest absolute Gasteiger partial charge is 0.481 e. The highest BCUT2D eigenvalue weighted by Gasteiger charge is 2.39. The number of carbonyl (C=O) groups excluding carboxylic acids is 8. The number of guanidine groups is 1. The van der Waals surface area contributed by atoms with E-state index in [9.17, 15) is 63.3 Å². The number of thiol groups is 1. The molecule has 2 aromatic rings. The molecule has 0 bridgehead atoms. The number of hydrogen-bond acceptors (Lipinski definition) is 14. The van der Waals surface area contributed by atoms with Gasteiger partial charge in [-0.05, 0) is 63.5 Å². The van der Waals surface area contributed by atoms with E-state index in [1.165, 1.54) is 13.8 Å². The molecule has 1 aliphatic rings. The number of nitrogens with one attached hydrogen (secondary N) is 8. The van der Waals surface area contributed by atoms with E-state index in [1.807, 2.05) is 13.8 Å². The zero-order valence-electron chi connectivity index (χ0n) is 39.9. The van der Waals surface area contributed by atoms with Crippen LogP contribution >= 0.6 is 12.6 Å². The quantitative estimate of drug-likeness (QED) is 0.0167. The Bertz CT molecular complexity index is 2270. The minimum Gasteiger partial charge on any atom is -0.481 e. The molecule has 9 atom stereocenters. The Morgan fingerprint density at radius 2 is 1.35 bits per heavy atom. The van der Waals surface area contributed by atoms with E-state index in [1.54, 1.807) is 30.5 Å². The van der Waals surface area contributed by atoms with Crippen molar-refractivity contribution in [3.8, 4) is 0 Å². The summed E-state index contributed by atoms with van der Waals surface area (Å²) in [6.07, 6.45) is 1.52. The Kier molecular flexibility index (Phi) is 23.0. The van der Waals surface area contributed by atoms with Crippen LogP contribution in [0, 0.1) is 5.92 Å². The molecule has 0 aliphatic carbocycles. The van der Waals surface area contributed by atoms with Crippen LogP contribution in [0.2, 0.25) is 0 Å². The number of aliphatic imine (C=N–C) groups is 1. The van der Waals surface area contributed by atoms with Gasteiger partial charge in [0.25, 0.3) is 0 Å². The lowest BCUT2D eigenvalue weighted by molar-refractivity contribution is -0.144. The number of aliphatic hydroxyl groups is 1. The van der Waals surface area contributed by atoms with E-state index < -0.39 is 127 Å². The van der Waals surface area contributed by atoms with Crippen LogP contribution in [0.5, 0.6) is 0 Å². The highest BCUT2D eigenvalue weighted by molar-refractivity contribution is 7.80. The van der Waals surface area contributed by atoms with Crippen molar-refractivity contribution in [2.75, 3.05) is 25.4 Å². The van der Waals surface area contributed by atoms with Crippen LogP contribution in [0.25, 0.3) is 10.9 Å². The number of aromatic amines is 1. The summed E-state index contributed by atoms with van der Waals surface area (Å²) >= 11 is 4.26. The van der Waals surface area contributed by atoms with Gasteiger partial charge in [0.05, 0.1) is 19.1 Å². The van der Waals surface area contributed by atoms with Gasteiger partial charge in [0.1, 0.15) is 48.3 Å². The number of carbonyl (C=O) groups is 10. The molecular formula is C44H67N13O13S. The topological polar surface area (TPSA) is 425 Å². The van der Waals surface area contributed by atoms with Crippen molar-refractivity contribution in [1.82, 2.24) is 47.1 Å². The molecule has 1 saturated heterocycles. The van der Waals surface area contributed by atoms with E-state index in [0.717, 1.165) is 4.90 Å². The monoisotopic (exact) mass is 1020 g/mol. The molecule has 0 spiro atoms. The van der Waals surface area contributed by atoms with Crippen molar-refractivity contribution in [2.45, 2.75) is 127 Å². The minimum absolute atomic E-state index is 0.0299. The summed E-state index contributed by atoms with van der Waals surface area (Å²) in [5, 5.41) is 46.7. The van der Waals surface area contributed by atoms with Gasteiger partial charge in [-0.1, -0.05) is 32.0 Å². The lowest BCUT2D eigenvalue weighted by Gasteiger charge is -2.29. The van der Waals surface area contributed by atoms with Gasteiger partial charge < -0.3 is 79.6 Å². The summed E-state index contributed by atoms with van der Waals surface area (Å²) < 4.78 is 0. The maximum atomic E-state index is 14.1. The average Bonchev–Trinajstić information content (AvgIpc) is 3.97. The molecule has 3 rings (SSSR count). The molecule has 17 N–H and O–H groups in total. The number of benzene rings is 1. The predicted molar refractivity (Wildman–Crippen MR) is 260 cm³/mol. The summed E-state index contributed by atoms with van der Waals surface area (Å²) in [5.41, 5.74) is 18.1. The third kappa shape index (κ3) is 18.0. The average molecular weight is 1020 g/mol. The van der Waals surface area contributed by atoms with E-state index in [0.29, 0.717) is 29.3 Å². The zero-order chi connectivity index (χ0) is 53.1. The Morgan fingerprint density at radius 1 is 0.775 bits per heavy atom. The fourth-order valence-corrected chi connectivity index (χ4v) is 7.81. The minimum atomic E-state index is -1.87. The van der Waals surface area contributed by atoms with Gasteiger partial charge in [-0.2, -0.15) is 12.6 Å². The van der Waals surface area contributed by atoms with Gasteiger partial charge in [0.2, 0.25) is 47.3 Å². The standard InChI is InChI=1S/C44H67N13O13S/c1-21(2)15-26(45)35(61)52-28(11-7-13-48-44(46)47)36(62)56-32(20-71)40(66)53-29(16-24-18-49-27-10-6-5-9-25(24)27)38(64)55-31(19-58)39(65)54-30(17-34(59)60)37(63)50-22(3)42(68)57-14-8-12-33(57)41(67)51-23(4)43(69)70/h5-6,9-10,18,21-23,26,28-33,49,58,71H,7-8,11-17,19-20,45H2,1-4H3,(H,50,63)(H,51,67)(H,52,61)(H,53,66)(H,54,65)(H,55,64)(H,56,62)(H,59,60)(H,69,70)(H4,46,47,48)/t22-,23-,26-,28-,29-,30-,31-,32-,33-/m0/s1. The lowest BCUT2D eigenvalue weighted by atomic mass is 10.0. The number of fused-ring (bicyclic) bond motifs is 1. The maximum absolute atomic E-state index is 14.1. The second-order valence-electron chi connectivity index (χ2n) is 17.5. The summed E-state index contributed by atoms with van der Waals surface area (Å²) in [6, 6.07) is -5.48. The molecule has 0 radical (unpaired) electrons. The molecule has 27 heteroatoms. The molecule has 1 aromatic heterocycles. The predicted octanol–water partition coefficient (Wildman–Crippen LogP) is -3.96. The van der Waals surface area contributed by atoms with Crippen LogP contribution < -0.4 is 54.4 Å². The van der Waals surface area contributed by atoms with E-state index in [4.69, 9.17) is 17.2 Å². The van der Waals surface area contributed by atoms with Crippen molar-refractivity contribution in [3.63, 3.8) is 0 Å². The van der Waals surface area contributed by atoms with Crippen molar-refractivity contribution in [3.05, 3.63) is 36.0 Å². The van der Waals surface area contributed by atoms with Gasteiger partial charge in [0, 0.05) is 42.4 Å². The number of carboxylic acid groups (broad SMARTS) is 2. The number of hydrogen-bond donors (Lipinski definition) is 15. The molecular weight excluding hydrogens is 951 g/mol. The highest BCUT2D eigenvalue weighted by atomic mass is 32.1. The third-order valence-electron chi connectivity index (χ3n) is 11.3. The Hall–Kier alpha value is -7.00. The number of nitrogens with two attached hydrogens (primary N) is 3. The first kappa shape index (κ1) is 58.3. The molecule has 392 valence electrons. The van der Waals surface area contributed by atoms with Crippen molar-refractivity contribution in [2.24, 2.45) is 28.1 Å². The van der Waals surface area contributed by atoms with E-state index >= 15 is 0 Å². The Morgan fingerprint density at radius 3 is 1.97 bits per heavy atom. The molecule has 0 unspecified atom stereocenters. The van der Waals surface area contributed by atoms with Gasteiger partial charge in [-0.15, -0.1) is 0 Å². The first-order valence-electron chi connectivity index (χ1n) is 22.9.